The van der Waals surface area contributed by atoms with Crippen molar-refractivity contribution in [3.05, 3.63) is 93.4 Å². The molecule has 0 atom stereocenters. The number of nitrogens with one attached hydrogen (secondary N) is 3. The van der Waals surface area contributed by atoms with Gasteiger partial charge in [-0.15, -0.1) is 5.10 Å². The summed E-state index contributed by atoms with van der Waals surface area (Å²) < 4.78 is 39.7. The normalized spacial score (nSPS) is 11.3. The molecule has 0 aliphatic heterocycles. The number of hydrogen-bond donors (Lipinski definition) is 4. The maximum absolute atomic E-state index is 13.0. The van der Waals surface area contributed by atoms with E-state index in [-0.39, 0.29) is 28.6 Å². The molecule has 0 fully saturated rings. The molecule has 0 unspecified atom stereocenters. The Morgan fingerprint density at radius 2 is 1.79 bits per heavy atom. The highest BCUT2D eigenvalue weighted by Gasteiger charge is 2.30. The van der Waals surface area contributed by atoms with Crippen LogP contribution in [0.4, 0.5) is 30.5 Å². The van der Waals surface area contributed by atoms with Crippen LogP contribution in [-0.4, -0.2) is 25.8 Å². The zero-order valence-electron chi connectivity index (χ0n) is 17.0. The second kappa shape index (κ2) is 8.94. The minimum atomic E-state index is -4.56. The van der Waals surface area contributed by atoms with E-state index in [1.165, 1.54) is 54.6 Å². The molecule has 1 amide bonds. The molecule has 4 rings (SSSR count). The van der Waals surface area contributed by atoms with Gasteiger partial charge in [0.1, 0.15) is 5.75 Å². The quantitative estimate of drug-likeness (QED) is 0.297. The van der Waals surface area contributed by atoms with Crippen LogP contribution in [0.5, 0.6) is 5.75 Å². The van der Waals surface area contributed by atoms with E-state index < -0.39 is 23.3 Å². The zero-order chi connectivity index (χ0) is 24.5. The van der Waals surface area contributed by atoms with Gasteiger partial charge < -0.3 is 15.7 Å². The Labute approximate surface area is 194 Å². The largest absolute Gasteiger partial charge is 0.506 e. The van der Waals surface area contributed by atoms with E-state index in [4.69, 9.17) is 11.6 Å². The van der Waals surface area contributed by atoms with E-state index in [9.17, 15) is 27.9 Å². The highest BCUT2D eigenvalue weighted by atomic mass is 35.5. The van der Waals surface area contributed by atoms with Crippen molar-refractivity contribution in [2.75, 3.05) is 10.6 Å². The first-order valence-corrected chi connectivity index (χ1v) is 10.0. The maximum Gasteiger partial charge on any atom is 0.416 e. The predicted octanol–water partition coefficient (Wildman–Crippen LogP) is 4.93. The molecule has 0 aliphatic rings. The first-order valence-electron chi connectivity index (χ1n) is 9.64. The van der Waals surface area contributed by atoms with Crippen LogP contribution in [0.2, 0.25) is 5.02 Å². The number of rotatable bonds is 5. The lowest BCUT2D eigenvalue weighted by molar-refractivity contribution is -0.137. The average molecular weight is 490 g/mol. The monoisotopic (exact) mass is 489 g/mol. The highest BCUT2D eigenvalue weighted by molar-refractivity contribution is 6.31. The van der Waals surface area contributed by atoms with Gasteiger partial charge in [-0.2, -0.15) is 17.9 Å². The minimum Gasteiger partial charge on any atom is -0.506 e. The summed E-state index contributed by atoms with van der Waals surface area (Å²) in [5.41, 5.74) is -0.827. The molecule has 4 N–H and O–H groups in total. The Morgan fingerprint density at radius 3 is 2.50 bits per heavy atom. The molecule has 1 aromatic heterocycles. The molecule has 0 radical (unpaired) electrons. The van der Waals surface area contributed by atoms with Gasteiger partial charge >= 0.3 is 11.9 Å². The average Bonchev–Trinajstić information content (AvgIpc) is 3.16. The number of anilines is 3. The van der Waals surface area contributed by atoms with Crippen LogP contribution in [0.1, 0.15) is 15.9 Å². The Morgan fingerprint density at radius 1 is 1.06 bits per heavy atom. The Hall–Kier alpha value is -4.25. The minimum absolute atomic E-state index is 0.0107. The molecule has 1 heterocycles. The summed E-state index contributed by atoms with van der Waals surface area (Å²) in [5.74, 6) is -0.647. The van der Waals surface area contributed by atoms with Crippen LogP contribution in [0.15, 0.2) is 71.5 Å². The van der Waals surface area contributed by atoms with Crippen molar-refractivity contribution in [3.63, 3.8) is 0 Å². The fraction of sp³-hybridized carbons (Fsp3) is 0.0455. The molecule has 0 saturated heterocycles. The van der Waals surface area contributed by atoms with E-state index in [1.807, 2.05) is 0 Å². The van der Waals surface area contributed by atoms with Crippen LogP contribution in [0, 0.1) is 0 Å². The molecule has 0 aliphatic carbocycles. The van der Waals surface area contributed by atoms with Crippen molar-refractivity contribution in [2.24, 2.45) is 0 Å². The molecule has 4 aromatic rings. The smallest absolute Gasteiger partial charge is 0.416 e. The van der Waals surface area contributed by atoms with Gasteiger partial charge in [-0.05, 0) is 60.7 Å². The number of halogens is 4. The van der Waals surface area contributed by atoms with Gasteiger partial charge in [-0.25, -0.2) is 4.79 Å². The van der Waals surface area contributed by atoms with Crippen molar-refractivity contribution in [3.8, 4) is 11.4 Å². The second-order valence-corrected chi connectivity index (χ2v) is 7.49. The number of hydrogen-bond acceptors (Lipinski definition) is 5. The van der Waals surface area contributed by atoms with Crippen molar-refractivity contribution in [2.45, 2.75) is 6.18 Å². The fourth-order valence-corrected chi connectivity index (χ4v) is 3.19. The number of carbonyl (C=O) groups is 1. The number of phenols is 1. The number of amides is 1. The summed E-state index contributed by atoms with van der Waals surface area (Å²) in [6.07, 6.45) is -4.56. The van der Waals surface area contributed by atoms with Gasteiger partial charge in [0.15, 0.2) is 0 Å². The van der Waals surface area contributed by atoms with Gasteiger partial charge in [0.2, 0.25) is 5.95 Å². The Bertz CT molecular complexity index is 1410. The van der Waals surface area contributed by atoms with E-state index in [0.29, 0.717) is 10.7 Å². The molecule has 0 spiro atoms. The summed E-state index contributed by atoms with van der Waals surface area (Å²) in [5, 5.41) is 19.5. The van der Waals surface area contributed by atoms with Gasteiger partial charge in [0.25, 0.3) is 5.91 Å². The van der Waals surface area contributed by atoms with Crippen molar-refractivity contribution >= 4 is 34.8 Å². The first kappa shape index (κ1) is 22.9. The number of nitrogens with zero attached hydrogens (tertiary/aromatic N) is 2. The number of carbonyl (C=O) groups excluding carboxylic acids is 1. The van der Waals surface area contributed by atoms with Gasteiger partial charge in [-0.3, -0.25) is 9.78 Å². The molecule has 174 valence electrons. The molecular weight excluding hydrogens is 475 g/mol. The molecule has 12 heteroatoms. The molecule has 34 heavy (non-hydrogen) atoms. The van der Waals surface area contributed by atoms with E-state index in [2.05, 4.69) is 20.7 Å². The van der Waals surface area contributed by atoms with Crippen molar-refractivity contribution < 1.29 is 23.1 Å². The third kappa shape index (κ3) is 5.04. The lowest BCUT2D eigenvalue weighted by Crippen LogP contribution is -2.16. The fourth-order valence-electron chi connectivity index (χ4n) is 3.01. The summed E-state index contributed by atoms with van der Waals surface area (Å²) in [7, 11) is 0. The molecule has 3 aromatic carbocycles. The SMILES string of the molecule is O=C(Nc1cc(Cl)ccc1O)c1ccc(Nc2nn(-c3cccc(C(F)(F)F)c3)c(=O)[nH]2)cc1. The number of aromatic hydroxyl groups is 1. The third-order valence-corrected chi connectivity index (χ3v) is 4.89. The number of alkyl halides is 3. The summed E-state index contributed by atoms with van der Waals surface area (Å²) in [4.78, 5) is 27.0. The molecule has 8 nitrogen and oxygen atoms in total. The summed E-state index contributed by atoms with van der Waals surface area (Å²) >= 11 is 5.87. The van der Waals surface area contributed by atoms with Crippen LogP contribution in [0.25, 0.3) is 5.69 Å². The second-order valence-electron chi connectivity index (χ2n) is 7.06. The van der Waals surface area contributed by atoms with Crippen LogP contribution >= 0.6 is 11.6 Å². The zero-order valence-corrected chi connectivity index (χ0v) is 17.8. The lowest BCUT2D eigenvalue weighted by Gasteiger charge is -2.09. The summed E-state index contributed by atoms with van der Waals surface area (Å²) in [6, 6.07) is 14.5. The number of phenolic OH excluding ortho intramolecular Hbond substituents is 1. The van der Waals surface area contributed by atoms with Crippen LogP contribution in [-0.2, 0) is 6.18 Å². The summed E-state index contributed by atoms with van der Waals surface area (Å²) in [6.45, 7) is 0. The Kier molecular flexibility index (Phi) is 6.03. The van der Waals surface area contributed by atoms with Crippen LogP contribution in [0.3, 0.4) is 0 Å². The number of H-pyrrole nitrogens is 1. The Balaban J connectivity index is 1.49. The highest BCUT2D eigenvalue weighted by Crippen LogP contribution is 2.30. The lowest BCUT2D eigenvalue weighted by atomic mass is 10.2. The van der Waals surface area contributed by atoms with Crippen molar-refractivity contribution in [1.82, 2.24) is 14.8 Å². The topological polar surface area (TPSA) is 112 Å². The van der Waals surface area contributed by atoms with E-state index in [0.717, 1.165) is 16.8 Å². The van der Waals surface area contributed by atoms with Gasteiger partial charge in [-0.1, -0.05) is 17.7 Å². The third-order valence-electron chi connectivity index (χ3n) is 4.65. The number of benzene rings is 3. The number of aromatic nitrogens is 3. The van der Waals surface area contributed by atoms with Gasteiger partial charge in [0, 0.05) is 16.3 Å². The molecule has 0 bridgehead atoms. The standard InChI is InChI=1S/C22H15ClF3N5O3/c23-14-6-9-18(32)17(11-14)28-19(33)12-4-7-15(8-5-12)27-20-29-21(34)31(30-20)16-3-1-2-13(10-16)22(24,25)26/h1-11,32H,(H,28,33)(H2,27,29,30,34). The van der Waals surface area contributed by atoms with Crippen molar-refractivity contribution in [1.29, 1.82) is 0 Å². The predicted molar refractivity (Wildman–Crippen MR) is 120 cm³/mol. The maximum atomic E-state index is 13.0. The van der Waals surface area contributed by atoms with Crippen LogP contribution < -0.4 is 16.3 Å². The van der Waals surface area contributed by atoms with Gasteiger partial charge in [0.05, 0.1) is 16.9 Å². The molecular formula is C22H15ClF3N5O3. The molecule has 0 saturated carbocycles. The number of aromatic amines is 1. The first-order chi connectivity index (χ1) is 16.1. The van der Waals surface area contributed by atoms with E-state index >= 15 is 0 Å². The van der Waals surface area contributed by atoms with E-state index in [1.54, 1.807) is 0 Å².